The number of nitrogens with zero attached hydrogens (tertiary/aromatic N) is 4. The number of imidazole rings is 1. The Morgan fingerprint density at radius 3 is 2.61 bits per heavy atom. The Morgan fingerprint density at radius 2 is 1.86 bits per heavy atom. The van der Waals surface area contributed by atoms with E-state index >= 15 is 4.39 Å². The molecule has 6 rings (SSSR count). The van der Waals surface area contributed by atoms with Crippen LogP contribution in [0.1, 0.15) is 27.7 Å². The summed E-state index contributed by atoms with van der Waals surface area (Å²) in [5, 5.41) is 5.51. The van der Waals surface area contributed by atoms with Gasteiger partial charge in [0.15, 0.2) is 11.6 Å². The van der Waals surface area contributed by atoms with Crippen molar-refractivity contribution in [2.75, 3.05) is 0 Å². The zero-order valence-corrected chi connectivity index (χ0v) is 21.0. The molecular formula is C28H22FN5OS. The van der Waals surface area contributed by atoms with Crippen molar-refractivity contribution in [2.45, 2.75) is 20.8 Å². The maximum Gasteiger partial charge on any atom is 0.169 e. The van der Waals surface area contributed by atoms with Crippen LogP contribution < -0.4 is 0 Å². The Hall–Kier alpha value is -4.17. The van der Waals surface area contributed by atoms with E-state index in [1.165, 1.54) is 17.4 Å². The lowest BCUT2D eigenvalue weighted by Gasteiger charge is -2.07. The molecule has 1 N–H and O–H groups in total. The van der Waals surface area contributed by atoms with Gasteiger partial charge in [0.25, 0.3) is 0 Å². The second kappa shape index (κ2) is 8.20. The van der Waals surface area contributed by atoms with Gasteiger partial charge in [-0.25, -0.2) is 9.37 Å². The Labute approximate surface area is 210 Å². The number of fused-ring (bicyclic) bond motifs is 2. The predicted molar refractivity (Wildman–Crippen MR) is 142 cm³/mol. The summed E-state index contributed by atoms with van der Waals surface area (Å²) in [6.07, 6.45) is 3.38. The number of carbonyl (C=O) groups excluding carboxylic acids is 1. The lowest BCUT2D eigenvalue weighted by molar-refractivity contribution is 0.102. The van der Waals surface area contributed by atoms with Crippen molar-refractivity contribution in [3.05, 3.63) is 76.7 Å². The van der Waals surface area contributed by atoms with Gasteiger partial charge < -0.3 is 4.98 Å². The number of rotatable bonds is 4. The Balaban J connectivity index is 1.57. The number of aromatic nitrogens is 5. The van der Waals surface area contributed by atoms with Crippen molar-refractivity contribution >= 4 is 39.1 Å². The van der Waals surface area contributed by atoms with E-state index in [2.05, 4.69) is 9.97 Å². The molecule has 36 heavy (non-hydrogen) atoms. The van der Waals surface area contributed by atoms with Crippen LogP contribution in [0.2, 0.25) is 0 Å². The Bertz CT molecular complexity index is 1830. The van der Waals surface area contributed by atoms with Gasteiger partial charge in [0, 0.05) is 52.5 Å². The van der Waals surface area contributed by atoms with Crippen LogP contribution >= 0.6 is 11.3 Å². The van der Waals surface area contributed by atoms with Gasteiger partial charge in [0.2, 0.25) is 0 Å². The number of thiophene rings is 1. The lowest BCUT2D eigenvalue weighted by atomic mass is 10.00. The van der Waals surface area contributed by atoms with Gasteiger partial charge in [-0.3, -0.25) is 14.5 Å². The smallest absolute Gasteiger partial charge is 0.169 e. The van der Waals surface area contributed by atoms with Crippen molar-refractivity contribution in [2.24, 2.45) is 7.05 Å². The van der Waals surface area contributed by atoms with E-state index in [4.69, 9.17) is 10.1 Å². The molecule has 2 aromatic carbocycles. The molecule has 6 nitrogen and oxygen atoms in total. The number of hydrogen-bond donors (Lipinski definition) is 1. The normalized spacial score (nSPS) is 11.6. The van der Waals surface area contributed by atoms with E-state index in [0.717, 1.165) is 48.4 Å². The zero-order chi connectivity index (χ0) is 25.1. The topological polar surface area (TPSA) is 76.5 Å². The molecule has 0 saturated carbocycles. The molecule has 4 heterocycles. The average molecular weight is 496 g/mol. The number of halogens is 1. The summed E-state index contributed by atoms with van der Waals surface area (Å²) in [6, 6.07) is 13.1. The molecule has 0 fully saturated rings. The Kier molecular flexibility index (Phi) is 5.08. The fourth-order valence-electron chi connectivity index (χ4n) is 4.62. The number of nitrogens with one attached hydrogen (secondary N) is 1. The highest BCUT2D eigenvalue weighted by Gasteiger charge is 2.21. The van der Waals surface area contributed by atoms with Crippen LogP contribution in [0.25, 0.3) is 55.0 Å². The van der Waals surface area contributed by atoms with E-state index in [0.29, 0.717) is 22.6 Å². The first-order valence-electron chi connectivity index (χ1n) is 11.5. The molecule has 8 heteroatoms. The number of aromatic amines is 1. The van der Waals surface area contributed by atoms with Gasteiger partial charge in [-0.05, 0) is 56.2 Å². The number of benzene rings is 2. The number of hydrogen-bond acceptors (Lipinski definition) is 5. The number of H-pyrrole nitrogens is 1. The quantitative estimate of drug-likeness (QED) is 0.271. The van der Waals surface area contributed by atoms with Gasteiger partial charge >= 0.3 is 0 Å². The monoisotopic (exact) mass is 495 g/mol. The summed E-state index contributed by atoms with van der Waals surface area (Å²) in [6.45, 7) is 5.53. The molecule has 0 bridgehead atoms. The van der Waals surface area contributed by atoms with E-state index in [9.17, 15) is 4.79 Å². The summed E-state index contributed by atoms with van der Waals surface area (Å²) in [7, 11) is 1.80. The highest BCUT2D eigenvalue weighted by atomic mass is 32.1. The van der Waals surface area contributed by atoms with Gasteiger partial charge in [0.1, 0.15) is 11.5 Å². The summed E-state index contributed by atoms with van der Waals surface area (Å²) >= 11 is 1.46. The van der Waals surface area contributed by atoms with Crippen LogP contribution in [-0.4, -0.2) is 30.5 Å². The van der Waals surface area contributed by atoms with Crippen LogP contribution in [0.4, 0.5) is 4.39 Å². The minimum absolute atomic E-state index is 0.0479. The largest absolute Gasteiger partial charge is 0.336 e. The standard InChI is InChI=1S/C28H22FN5OS/c1-14-9-10-30-13-20(14)18-11-19-22(12-21(18)29)34(4)33-27(19)28-31-25-15(2)5-6-17(26(25)32-28)24-8-7-23(36-24)16(3)35/h5-13H,1-4H3,(H,31,32). The molecule has 178 valence electrons. The van der Waals surface area contributed by atoms with Gasteiger partial charge in [-0.2, -0.15) is 5.10 Å². The molecule has 0 unspecified atom stereocenters. The molecule has 6 aromatic rings. The van der Waals surface area contributed by atoms with Gasteiger partial charge in [-0.15, -0.1) is 11.3 Å². The average Bonchev–Trinajstić information content (AvgIpc) is 3.58. The molecule has 0 aliphatic rings. The highest BCUT2D eigenvalue weighted by molar-refractivity contribution is 7.17. The number of aryl methyl sites for hydroxylation is 3. The third-order valence-corrected chi connectivity index (χ3v) is 7.78. The molecule has 0 atom stereocenters. The summed E-state index contributed by atoms with van der Waals surface area (Å²) in [5.41, 5.74) is 7.21. The fourth-order valence-corrected chi connectivity index (χ4v) is 5.55. The molecule has 0 radical (unpaired) electrons. The van der Waals surface area contributed by atoms with Crippen LogP contribution in [0, 0.1) is 19.7 Å². The third-order valence-electron chi connectivity index (χ3n) is 6.56. The SMILES string of the molecule is CC(=O)c1ccc(-c2ccc(C)c3nc(-c4nn(C)c5cc(F)c(-c6cnccc6C)cc45)[nH]c23)s1. The summed E-state index contributed by atoms with van der Waals surface area (Å²) in [5.74, 6) is 0.330. The first-order valence-corrected chi connectivity index (χ1v) is 12.3. The van der Waals surface area contributed by atoms with Crippen LogP contribution in [0.3, 0.4) is 0 Å². The van der Waals surface area contributed by atoms with Crippen LogP contribution in [0.5, 0.6) is 0 Å². The highest BCUT2D eigenvalue weighted by Crippen LogP contribution is 2.38. The summed E-state index contributed by atoms with van der Waals surface area (Å²) in [4.78, 5) is 26.1. The van der Waals surface area contributed by atoms with E-state index < -0.39 is 0 Å². The zero-order valence-electron chi connectivity index (χ0n) is 20.2. The minimum atomic E-state index is -0.324. The lowest BCUT2D eigenvalue weighted by Crippen LogP contribution is -1.92. The number of Topliss-reactive ketones (excluding diaryl/α,β-unsaturated/α-hetero) is 1. The van der Waals surface area contributed by atoms with Crippen molar-refractivity contribution in [3.8, 4) is 33.1 Å². The molecule has 4 aromatic heterocycles. The van der Waals surface area contributed by atoms with Crippen molar-refractivity contribution in [1.82, 2.24) is 24.7 Å². The Morgan fingerprint density at radius 1 is 1.03 bits per heavy atom. The maximum absolute atomic E-state index is 15.2. The van der Waals surface area contributed by atoms with Crippen molar-refractivity contribution in [1.29, 1.82) is 0 Å². The molecule has 0 aliphatic heterocycles. The molecule has 0 amide bonds. The molecule has 0 spiro atoms. The first-order chi connectivity index (χ1) is 17.3. The molecule has 0 aliphatic carbocycles. The summed E-state index contributed by atoms with van der Waals surface area (Å²) < 4.78 is 16.9. The van der Waals surface area contributed by atoms with E-state index in [1.807, 2.05) is 50.2 Å². The second-order valence-electron chi connectivity index (χ2n) is 8.97. The van der Waals surface area contributed by atoms with Gasteiger partial charge in [-0.1, -0.05) is 12.1 Å². The predicted octanol–water partition coefficient (Wildman–Crippen LogP) is 6.87. The van der Waals surface area contributed by atoms with Crippen molar-refractivity contribution < 1.29 is 9.18 Å². The van der Waals surface area contributed by atoms with Gasteiger partial charge in [0.05, 0.1) is 21.4 Å². The molecule has 0 saturated heterocycles. The van der Waals surface area contributed by atoms with Crippen LogP contribution in [0.15, 0.2) is 54.9 Å². The number of carbonyl (C=O) groups is 1. The first kappa shape index (κ1) is 22.3. The van der Waals surface area contributed by atoms with Crippen LogP contribution in [-0.2, 0) is 7.05 Å². The number of ketones is 1. The maximum atomic E-state index is 15.2. The molecular weight excluding hydrogens is 473 g/mol. The number of pyridine rings is 1. The fraction of sp³-hybridized carbons (Fsp3) is 0.143. The third kappa shape index (κ3) is 3.45. The minimum Gasteiger partial charge on any atom is -0.336 e. The van der Waals surface area contributed by atoms with Crippen molar-refractivity contribution in [3.63, 3.8) is 0 Å². The van der Waals surface area contributed by atoms with E-state index in [-0.39, 0.29) is 11.6 Å². The van der Waals surface area contributed by atoms with E-state index in [1.54, 1.807) is 31.0 Å². The second-order valence-corrected chi connectivity index (χ2v) is 10.1.